The first-order chi connectivity index (χ1) is 23.1. The molecule has 3 heterocycles. The van der Waals surface area contributed by atoms with Gasteiger partial charge in [0.05, 0.1) is 5.56 Å². The van der Waals surface area contributed by atoms with Crippen LogP contribution in [0.4, 0.5) is 11.5 Å². The lowest BCUT2D eigenvalue weighted by Crippen LogP contribution is -2.61. The number of piperazine rings is 1. The molecule has 4 fully saturated rings. The highest BCUT2D eigenvalue weighted by Gasteiger charge is 2.69. The Bertz CT molecular complexity index is 1790. The third-order valence-corrected chi connectivity index (χ3v) is 11.7. The van der Waals surface area contributed by atoms with Crippen LogP contribution in [0.15, 0.2) is 41.3 Å². The topological polar surface area (TPSA) is 134 Å². The molecule has 2 amide bonds. The van der Waals surface area contributed by atoms with Crippen LogP contribution in [0.5, 0.6) is 0 Å². The van der Waals surface area contributed by atoms with Crippen LogP contribution in [-0.2, 0) is 11.3 Å². The van der Waals surface area contributed by atoms with Crippen LogP contribution in [0, 0.1) is 42.4 Å². The summed E-state index contributed by atoms with van der Waals surface area (Å²) in [7, 11) is 0. The highest BCUT2D eigenvalue weighted by atomic mass is 16.2. The molecule has 2 unspecified atom stereocenters. The molecule has 4 N–H and O–H groups in total. The van der Waals surface area contributed by atoms with Crippen LogP contribution < -0.4 is 21.1 Å². The second-order valence-electron chi connectivity index (χ2n) is 14.8. The smallest absolute Gasteiger partial charge is 0.253 e. The van der Waals surface area contributed by atoms with Crippen molar-refractivity contribution in [1.29, 1.82) is 5.41 Å². The maximum absolute atomic E-state index is 13.6. The van der Waals surface area contributed by atoms with E-state index in [1.54, 1.807) is 6.07 Å². The molecule has 0 radical (unpaired) electrons. The SMILES string of the molecule is Cc1cc(C)c(CNC(=O)c2cc(-c3ccc(N4CCN(C(=O)CC56C7CCC5CC6C7)CC4)nc3)cc(NC(C)C)c2C=N)c(=O)[nH]1. The lowest BCUT2D eigenvalue weighted by atomic mass is 9.40. The summed E-state index contributed by atoms with van der Waals surface area (Å²) in [6.45, 7) is 10.7. The zero-order chi connectivity index (χ0) is 33.7. The Kier molecular flexibility index (Phi) is 8.37. The quantitative estimate of drug-likeness (QED) is 0.221. The number of anilines is 2. The minimum atomic E-state index is -0.365. The van der Waals surface area contributed by atoms with E-state index in [0.717, 1.165) is 78.6 Å². The molecule has 3 aromatic rings. The molecule has 3 aliphatic carbocycles. The van der Waals surface area contributed by atoms with Gasteiger partial charge in [0.1, 0.15) is 5.82 Å². The Morgan fingerprint density at radius 2 is 1.77 bits per heavy atom. The van der Waals surface area contributed by atoms with Crippen LogP contribution in [0.3, 0.4) is 0 Å². The van der Waals surface area contributed by atoms with Crippen LogP contribution in [0.2, 0.25) is 0 Å². The average molecular weight is 650 g/mol. The molecule has 10 heteroatoms. The number of pyridine rings is 2. The van der Waals surface area contributed by atoms with Gasteiger partial charge in [0, 0.05) is 85.7 Å². The van der Waals surface area contributed by atoms with Gasteiger partial charge in [0.25, 0.3) is 11.5 Å². The Hall–Kier alpha value is -4.47. The molecule has 3 saturated carbocycles. The molecule has 4 aliphatic rings. The zero-order valence-corrected chi connectivity index (χ0v) is 28.5. The van der Waals surface area contributed by atoms with Crippen molar-refractivity contribution in [3.8, 4) is 11.1 Å². The first-order valence-electron chi connectivity index (χ1n) is 17.5. The van der Waals surface area contributed by atoms with E-state index in [-0.39, 0.29) is 24.1 Å². The second kappa shape index (κ2) is 12.5. The summed E-state index contributed by atoms with van der Waals surface area (Å²) in [5.74, 6) is 3.25. The summed E-state index contributed by atoms with van der Waals surface area (Å²) < 4.78 is 0. The Labute approximate surface area is 282 Å². The first-order valence-corrected chi connectivity index (χ1v) is 17.5. The Morgan fingerprint density at radius 3 is 2.38 bits per heavy atom. The van der Waals surface area contributed by atoms with E-state index in [1.165, 1.54) is 31.9 Å². The predicted octanol–water partition coefficient (Wildman–Crippen LogP) is 5.28. The molecular weight excluding hydrogens is 602 g/mol. The van der Waals surface area contributed by atoms with Crippen molar-refractivity contribution in [2.24, 2.45) is 23.2 Å². The van der Waals surface area contributed by atoms with Crippen LogP contribution in [0.25, 0.3) is 11.1 Å². The van der Waals surface area contributed by atoms with E-state index < -0.39 is 0 Å². The third-order valence-electron chi connectivity index (χ3n) is 11.7. The summed E-state index contributed by atoms with van der Waals surface area (Å²) >= 11 is 0. The first kappa shape index (κ1) is 32.1. The van der Waals surface area contributed by atoms with E-state index in [4.69, 9.17) is 10.4 Å². The van der Waals surface area contributed by atoms with E-state index in [9.17, 15) is 14.4 Å². The number of carbonyl (C=O) groups excluding carboxylic acids is 2. The van der Waals surface area contributed by atoms with Gasteiger partial charge in [-0.3, -0.25) is 14.4 Å². The standard InChI is InChI=1S/C38H47N7O3/c1-22(2)42-33-15-26(14-30(31(33)19-39)36(47)41-21-32-23(3)13-24(4)43-37(32)48)25-5-8-34(40-20-25)44-9-11-45(12-10-44)35(46)18-38-27-6-7-28(38)17-29(38)16-27/h5,8,13-15,19-20,22,27-29,39,42H,6-7,9-12,16-18,21H2,1-4H3,(H,41,47)(H,43,48). The molecule has 252 valence electrons. The molecule has 10 nitrogen and oxygen atoms in total. The molecule has 0 spiro atoms. The van der Waals surface area contributed by atoms with Crippen molar-refractivity contribution < 1.29 is 9.59 Å². The highest BCUT2D eigenvalue weighted by Crippen LogP contribution is 2.76. The largest absolute Gasteiger partial charge is 0.382 e. The van der Waals surface area contributed by atoms with Crippen LogP contribution in [0.1, 0.15) is 78.7 Å². The van der Waals surface area contributed by atoms with Gasteiger partial charge in [-0.25, -0.2) is 4.98 Å². The fourth-order valence-corrected chi connectivity index (χ4v) is 9.21. The van der Waals surface area contributed by atoms with Gasteiger partial charge < -0.3 is 30.8 Å². The summed E-state index contributed by atoms with van der Waals surface area (Å²) in [5, 5.41) is 14.5. The number of hydrogen-bond donors (Lipinski definition) is 4. The number of hydrogen-bond acceptors (Lipinski definition) is 7. The van der Waals surface area contributed by atoms with Crippen LogP contribution >= 0.6 is 0 Å². The Morgan fingerprint density at radius 1 is 1.04 bits per heavy atom. The van der Waals surface area contributed by atoms with Crippen molar-refractivity contribution in [1.82, 2.24) is 20.2 Å². The number of benzene rings is 1. The van der Waals surface area contributed by atoms with E-state index >= 15 is 0 Å². The fourth-order valence-electron chi connectivity index (χ4n) is 9.21. The molecule has 2 atom stereocenters. The van der Waals surface area contributed by atoms with Gasteiger partial charge >= 0.3 is 0 Å². The number of carbonyl (C=O) groups is 2. The minimum Gasteiger partial charge on any atom is -0.382 e. The number of aryl methyl sites for hydroxylation is 2. The van der Waals surface area contributed by atoms with E-state index in [2.05, 4.69) is 25.4 Å². The van der Waals surface area contributed by atoms with Crippen molar-refractivity contribution in [3.63, 3.8) is 0 Å². The molecule has 1 saturated heterocycles. The number of nitrogens with zero attached hydrogens (tertiary/aromatic N) is 3. The van der Waals surface area contributed by atoms with Crippen molar-refractivity contribution in [3.05, 3.63) is 74.8 Å². The molecule has 1 aliphatic heterocycles. The zero-order valence-electron chi connectivity index (χ0n) is 28.5. The minimum absolute atomic E-state index is 0.0758. The molecule has 2 aromatic heterocycles. The second-order valence-corrected chi connectivity index (χ2v) is 14.8. The molecule has 1 aromatic carbocycles. The molecule has 7 rings (SSSR count). The number of rotatable bonds is 10. The number of aromatic nitrogens is 2. The maximum atomic E-state index is 13.6. The number of H-pyrrole nitrogens is 1. The number of amides is 2. The summed E-state index contributed by atoms with van der Waals surface area (Å²) in [4.78, 5) is 51.4. The van der Waals surface area contributed by atoms with Gasteiger partial charge in [-0.2, -0.15) is 0 Å². The fraction of sp³-hybridized carbons (Fsp3) is 0.500. The molecule has 48 heavy (non-hydrogen) atoms. The van der Waals surface area contributed by atoms with Crippen molar-refractivity contribution >= 4 is 29.5 Å². The maximum Gasteiger partial charge on any atom is 0.253 e. The summed E-state index contributed by atoms with van der Waals surface area (Å²) in [6, 6.07) is 9.71. The predicted molar refractivity (Wildman–Crippen MR) is 189 cm³/mol. The third kappa shape index (κ3) is 5.58. The monoisotopic (exact) mass is 649 g/mol. The number of nitrogens with one attached hydrogen (secondary N) is 4. The van der Waals surface area contributed by atoms with Gasteiger partial charge in [-0.1, -0.05) is 0 Å². The lowest BCUT2D eigenvalue weighted by Gasteiger charge is -2.65. The van der Waals surface area contributed by atoms with E-state index in [0.29, 0.717) is 33.7 Å². The van der Waals surface area contributed by atoms with Crippen molar-refractivity contribution in [2.45, 2.75) is 72.4 Å². The van der Waals surface area contributed by atoms with Gasteiger partial charge in [0.2, 0.25) is 5.91 Å². The van der Waals surface area contributed by atoms with E-state index in [1.807, 2.05) is 58.2 Å². The van der Waals surface area contributed by atoms with Crippen LogP contribution in [-0.4, -0.2) is 65.1 Å². The highest BCUT2D eigenvalue weighted by molar-refractivity contribution is 6.06. The Balaban J connectivity index is 1.05. The van der Waals surface area contributed by atoms with Gasteiger partial charge in [-0.15, -0.1) is 0 Å². The summed E-state index contributed by atoms with van der Waals surface area (Å²) in [5.41, 5.74) is 5.37. The average Bonchev–Trinajstić information content (AvgIpc) is 3.22. The van der Waals surface area contributed by atoms with Gasteiger partial charge in [-0.05, 0) is 118 Å². The lowest BCUT2D eigenvalue weighted by molar-refractivity contribution is -0.177. The normalized spacial score (nSPS) is 24.1. The van der Waals surface area contributed by atoms with Crippen molar-refractivity contribution in [2.75, 3.05) is 36.4 Å². The molecular formula is C38H47N7O3. The summed E-state index contributed by atoms with van der Waals surface area (Å²) in [6.07, 6.45) is 9.14. The number of aromatic amines is 1. The van der Waals surface area contributed by atoms with Gasteiger partial charge in [0.15, 0.2) is 0 Å². The molecule has 0 bridgehead atoms.